The van der Waals surface area contributed by atoms with Crippen molar-refractivity contribution in [3.05, 3.63) is 64.3 Å². The Hall–Kier alpha value is -2.66. The minimum Gasteiger partial charge on any atom is -0.497 e. The number of fused-ring (bicyclic) bond motifs is 3. The number of halogens is 1. The summed E-state index contributed by atoms with van der Waals surface area (Å²) in [6.07, 6.45) is 0.786. The van der Waals surface area contributed by atoms with Gasteiger partial charge >= 0.3 is 6.03 Å². The Kier molecular flexibility index (Phi) is 4.94. The first-order chi connectivity index (χ1) is 13.5. The van der Waals surface area contributed by atoms with Crippen molar-refractivity contribution in [1.29, 1.82) is 0 Å². The van der Waals surface area contributed by atoms with E-state index in [1.165, 1.54) is 5.56 Å². The summed E-state index contributed by atoms with van der Waals surface area (Å²) in [6.45, 7) is 4.59. The van der Waals surface area contributed by atoms with E-state index in [0.29, 0.717) is 6.54 Å². The molecule has 1 atom stereocenters. The first-order valence-electron chi connectivity index (χ1n) is 9.49. The van der Waals surface area contributed by atoms with Crippen LogP contribution in [0.1, 0.15) is 36.7 Å². The van der Waals surface area contributed by atoms with Crippen molar-refractivity contribution in [2.24, 2.45) is 0 Å². The molecule has 2 heterocycles. The zero-order valence-electron chi connectivity index (χ0n) is 16.3. The molecule has 0 fully saturated rings. The van der Waals surface area contributed by atoms with Crippen molar-refractivity contribution < 1.29 is 9.53 Å². The largest absolute Gasteiger partial charge is 0.497 e. The Balaban J connectivity index is 1.84. The van der Waals surface area contributed by atoms with E-state index in [9.17, 15) is 4.79 Å². The summed E-state index contributed by atoms with van der Waals surface area (Å²) in [7, 11) is 1.65. The highest BCUT2D eigenvalue weighted by Gasteiger charge is 2.34. The van der Waals surface area contributed by atoms with E-state index in [4.69, 9.17) is 16.3 Å². The fraction of sp³-hybridized carbons (Fsp3) is 0.318. The van der Waals surface area contributed by atoms with Gasteiger partial charge in [-0.15, -0.1) is 0 Å². The zero-order valence-corrected chi connectivity index (χ0v) is 17.0. The summed E-state index contributed by atoms with van der Waals surface area (Å²) in [4.78, 5) is 18.4. The minimum absolute atomic E-state index is 0.0573. The third kappa shape index (κ3) is 3.31. The van der Waals surface area contributed by atoms with Crippen LogP contribution in [0.5, 0.6) is 5.75 Å². The molecular weight excluding hydrogens is 374 g/mol. The molecule has 0 bridgehead atoms. The minimum atomic E-state index is -0.195. The monoisotopic (exact) mass is 397 g/mol. The van der Waals surface area contributed by atoms with Gasteiger partial charge < -0.3 is 19.9 Å². The summed E-state index contributed by atoms with van der Waals surface area (Å²) >= 11 is 6.24. The molecule has 1 aliphatic heterocycles. The zero-order chi connectivity index (χ0) is 19.8. The van der Waals surface area contributed by atoms with E-state index in [0.717, 1.165) is 39.4 Å². The lowest BCUT2D eigenvalue weighted by Gasteiger charge is -2.36. The second-order valence-corrected chi connectivity index (χ2v) is 7.87. The smallest absolute Gasteiger partial charge is 0.318 e. The maximum Gasteiger partial charge on any atom is 0.318 e. The van der Waals surface area contributed by atoms with Crippen molar-refractivity contribution >= 4 is 28.5 Å². The Bertz CT molecular complexity index is 1010. The van der Waals surface area contributed by atoms with E-state index in [-0.39, 0.29) is 18.1 Å². The predicted octanol–water partition coefficient (Wildman–Crippen LogP) is 4.90. The van der Waals surface area contributed by atoms with Crippen LogP contribution in [0.25, 0.3) is 10.9 Å². The number of aromatic amines is 1. The van der Waals surface area contributed by atoms with E-state index < -0.39 is 0 Å². The fourth-order valence-corrected chi connectivity index (χ4v) is 4.11. The molecule has 5 nitrogen and oxygen atoms in total. The van der Waals surface area contributed by atoms with Crippen LogP contribution in [0.3, 0.4) is 0 Å². The molecule has 3 aromatic rings. The maximum absolute atomic E-state index is 12.9. The van der Waals surface area contributed by atoms with Crippen LogP contribution in [-0.2, 0) is 6.42 Å². The quantitative estimate of drug-likeness (QED) is 0.660. The number of hydrogen-bond acceptors (Lipinski definition) is 2. The molecule has 0 saturated heterocycles. The van der Waals surface area contributed by atoms with Gasteiger partial charge in [0.05, 0.1) is 13.2 Å². The van der Waals surface area contributed by atoms with Gasteiger partial charge in [0.1, 0.15) is 5.75 Å². The number of amides is 2. The molecule has 2 amide bonds. The maximum atomic E-state index is 12.9. The number of carbonyl (C=O) groups excluding carboxylic acids is 1. The van der Waals surface area contributed by atoms with Crippen LogP contribution < -0.4 is 10.1 Å². The normalized spacial score (nSPS) is 16.3. The van der Waals surface area contributed by atoms with Gasteiger partial charge in [0.2, 0.25) is 0 Å². The van der Waals surface area contributed by atoms with Crippen molar-refractivity contribution in [3.63, 3.8) is 0 Å². The molecule has 0 saturated carbocycles. The van der Waals surface area contributed by atoms with Crippen molar-refractivity contribution in [2.75, 3.05) is 13.7 Å². The van der Waals surface area contributed by atoms with Gasteiger partial charge in [0.15, 0.2) is 0 Å². The van der Waals surface area contributed by atoms with Crippen LogP contribution in [-0.4, -0.2) is 35.6 Å². The molecule has 0 aliphatic carbocycles. The van der Waals surface area contributed by atoms with Gasteiger partial charge in [-0.1, -0.05) is 23.7 Å². The van der Waals surface area contributed by atoms with Gasteiger partial charge in [0.25, 0.3) is 0 Å². The third-order valence-electron chi connectivity index (χ3n) is 5.19. The number of urea groups is 1. The molecule has 1 aromatic heterocycles. The van der Waals surface area contributed by atoms with Crippen LogP contribution in [0, 0.1) is 0 Å². The summed E-state index contributed by atoms with van der Waals surface area (Å²) in [6, 6.07) is 13.6. The number of methoxy groups -OCH3 is 1. The summed E-state index contributed by atoms with van der Waals surface area (Å²) in [5.74, 6) is 0.793. The van der Waals surface area contributed by atoms with Gasteiger partial charge in [0, 0.05) is 34.2 Å². The lowest BCUT2D eigenvalue weighted by atomic mass is 9.92. The highest BCUT2D eigenvalue weighted by atomic mass is 35.5. The molecule has 2 N–H and O–H groups in total. The first-order valence-corrected chi connectivity index (χ1v) is 9.87. The van der Waals surface area contributed by atoms with Crippen molar-refractivity contribution in [1.82, 2.24) is 15.2 Å². The molecule has 4 rings (SSSR count). The van der Waals surface area contributed by atoms with Crippen LogP contribution >= 0.6 is 11.6 Å². The van der Waals surface area contributed by atoms with E-state index in [1.807, 2.05) is 61.2 Å². The highest BCUT2D eigenvalue weighted by Crippen LogP contribution is 2.39. The molecule has 2 aromatic carbocycles. The van der Waals surface area contributed by atoms with Crippen LogP contribution in [0.4, 0.5) is 4.79 Å². The van der Waals surface area contributed by atoms with Crippen molar-refractivity contribution in [2.45, 2.75) is 32.4 Å². The van der Waals surface area contributed by atoms with E-state index in [1.54, 1.807) is 7.11 Å². The molecular formula is C22H24ClN3O2. The van der Waals surface area contributed by atoms with Gasteiger partial charge in [-0.25, -0.2) is 4.79 Å². The average molecular weight is 398 g/mol. The standard InChI is InChI=1S/C22H24ClN3O2/c1-13(2)24-22(27)26-11-10-17-18-12-15(23)6-9-19(18)25-20(17)21(26)14-4-7-16(28-3)8-5-14/h4-9,12-13,21,25H,10-11H2,1-3H3,(H,24,27)/t21-/m1/s1. The number of benzene rings is 2. The topological polar surface area (TPSA) is 57.4 Å². The summed E-state index contributed by atoms with van der Waals surface area (Å²) in [5, 5.41) is 4.88. The average Bonchev–Trinajstić information content (AvgIpc) is 3.04. The number of carbonyl (C=O) groups is 1. The molecule has 0 unspecified atom stereocenters. The van der Waals surface area contributed by atoms with Gasteiger partial charge in [-0.3, -0.25) is 0 Å². The van der Waals surface area contributed by atoms with Gasteiger partial charge in [-0.2, -0.15) is 0 Å². The Morgan fingerprint density at radius 2 is 2.00 bits per heavy atom. The van der Waals surface area contributed by atoms with Crippen LogP contribution in [0.2, 0.25) is 5.02 Å². The number of H-pyrrole nitrogens is 1. The summed E-state index contributed by atoms with van der Waals surface area (Å²) in [5.41, 5.74) is 4.36. The third-order valence-corrected chi connectivity index (χ3v) is 5.43. The number of ether oxygens (including phenoxy) is 1. The number of nitrogens with one attached hydrogen (secondary N) is 2. The van der Waals surface area contributed by atoms with E-state index in [2.05, 4.69) is 10.3 Å². The number of hydrogen-bond donors (Lipinski definition) is 2. The second-order valence-electron chi connectivity index (χ2n) is 7.43. The lowest BCUT2D eigenvalue weighted by Crippen LogP contribution is -2.47. The molecule has 6 heteroatoms. The lowest BCUT2D eigenvalue weighted by molar-refractivity contribution is 0.177. The second kappa shape index (κ2) is 7.40. The molecule has 28 heavy (non-hydrogen) atoms. The Labute approximate surface area is 169 Å². The fourth-order valence-electron chi connectivity index (χ4n) is 3.94. The number of aromatic nitrogens is 1. The Morgan fingerprint density at radius 3 is 2.68 bits per heavy atom. The summed E-state index contributed by atoms with van der Waals surface area (Å²) < 4.78 is 5.30. The SMILES string of the molecule is COc1ccc([C@@H]2c3[nH]c4ccc(Cl)cc4c3CCN2C(=O)NC(C)C)cc1. The Morgan fingerprint density at radius 1 is 1.25 bits per heavy atom. The first kappa shape index (κ1) is 18.7. The molecule has 146 valence electrons. The number of nitrogens with zero attached hydrogens (tertiary/aromatic N) is 1. The molecule has 0 spiro atoms. The molecule has 0 radical (unpaired) electrons. The van der Waals surface area contributed by atoms with Crippen LogP contribution in [0.15, 0.2) is 42.5 Å². The molecule has 1 aliphatic rings. The van der Waals surface area contributed by atoms with Gasteiger partial charge in [-0.05, 0) is 61.7 Å². The van der Waals surface area contributed by atoms with Crippen molar-refractivity contribution in [3.8, 4) is 5.75 Å². The predicted molar refractivity (Wildman–Crippen MR) is 112 cm³/mol. The highest BCUT2D eigenvalue weighted by molar-refractivity contribution is 6.31. The number of rotatable bonds is 3. The van der Waals surface area contributed by atoms with E-state index >= 15 is 0 Å².